The van der Waals surface area contributed by atoms with Gasteiger partial charge in [0.25, 0.3) is 0 Å². The van der Waals surface area contributed by atoms with Gasteiger partial charge in [-0.05, 0) is 37.6 Å². The SMILES string of the molecule is Cc1ccc(NC(=O)CCn2c(=O)sc3ccccc32)c(C)c1. The number of rotatable bonds is 4. The average molecular weight is 326 g/mol. The Morgan fingerprint density at radius 3 is 2.74 bits per heavy atom. The third-order valence-electron chi connectivity index (χ3n) is 3.79. The van der Waals surface area contributed by atoms with Gasteiger partial charge in [-0.1, -0.05) is 41.2 Å². The third-order valence-corrected chi connectivity index (χ3v) is 4.75. The largest absolute Gasteiger partial charge is 0.326 e. The fourth-order valence-electron chi connectivity index (χ4n) is 2.61. The van der Waals surface area contributed by atoms with E-state index < -0.39 is 0 Å². The van der Waals surface area contributed by atoms with Crippen LogP contribution in [0.1, 0.15) is 17.5 Å². The van der Waals surface area contributed by atoms with E-state index in [1.165, 1.54) is 11.3 Å². The molecule has 0 radical (unpaired) electrons. The Hall–Kier alpha value is -2.40. The zero-order valence-electron chi connectivity index (χ0n) is 13.1. The van der Waals surface area contributed by atoms with Gasteiger partial charge in [0.1, 0.15) is 0 Å². The molecular formula is C18H18N2O2S. The molecule has 1 N–H and O–H groups in total. The van der Waals surface area contributed by atoms with E-state index in [0.29, 0.717) is 6.54 Å². The summed E-state index contributed by atoms with van der Waals surface area (Å²) in [4.78, 5) is 24.2. The Bertz CT molecular complexity index is 924. The normalized spacial score (nSPS) is 10.9. The highest BCUT2D eigenvalue weighted by atomic mass is 32.1. The summed E-state index contributed by atoms with van der Waals surface area (Å²) < 4.78 is 2.62. The van der Waals surface area contributed by atoms with Crippen LogP contribution in [0, 0.1) is 13.8 Å². The monoisotopic (exact) mass is 326 g/mol. The smallest absolute Gasteiger partial charge is 0.308 e. The minimum absolute atomic E-state index is 0.0227. The molecule has 0 saturated heterocycles. The Morgan fingerprint density at radius 2 is 1.96 bits per heavy atom. The van der Waals surface area contributed by atoms with E-state index in [1.54, 1.807) is 4.57 Å². The van der Waals surface area contributed by atoms with Gasteiger partial charge in [-0.2, -0.15) is 0 Å². The molecule has 0 bridgehead atoms. The van der Waals surface area contributed by atoms with E-state index in [2.05, 4.69) is 5.32 Å². The van der Waals surface area contributed by atoms with E-state index in [1.807, 2.05) is 56.3 Å². The number of thiazole rings is 1. The number of aryl methyl sites for hydroxylation is 3. The molecule has 0 atom stereocenters. The van der Waals surface area contributed by atoms with Crippen molar-refractivity contribution in [1.29, 1.82) is 0 Å². The maximum atomic E-state index is 12.2. The molecule has 0 aliphatic rings. The summed E-state index contributed by atoms with van der Waals surface area (Å²) in [7, 11) is 0. The molecule has 3 aromatic rings. The van der Waals surface area contributed by atoms with E-state index >= 15 is 0 Å². The Labute approximate surface area is 138 Å². The van der Waals surface area contributed by atoms with Crippen molar-refractivity contribution in [1.82, 2.24) is 4.57 Å². The maximum Gasteiger partial charge on any atom is 0.308 e. The number of amides is 1. The highest BCUT2D eigenvalue weighted by Crippen LogP contribution is 2.18. The van der Waals surface area contributed by atoms with Gasteiger partial charge in [0.2, 0.25) is 5.91 Å². The number of aromatic nitrogens is 1. The summed E-state index contributed by atoms with van der Waals surface area (Å²) in [6, 6.07) is 13.6. The predicted octanol–water partition coefficient (Wildman–Crippen LogP) is 3.71. The van der Waals surface area contributed by atoms with Crippen molar-refractivity contribution < 1.29 is 4.79 Å². The van der Waals surface area contributed by atoms with Gasteiger partial charge in [-0.25, -0.2) is 0 Å². The van der Waals surface area contributed by atoms with Crippen LogP contribution < -0.4 is 10.2 Å². The number of nitrogens with zero attached hydrogens (tertiary/aromatic N) is 1. The molecule has 0 fully saturated rings. The van der Waals surface area contributed by atoms with Crippen molar-refractivity contribution in [3.05, 3.63) is 63.3 Å². The van der Waals surface area contributed by atoms with Gasteiger partial charge >= 0.3 is 4.87 Å². The minimum Gasteiger partial charge on any atom is -0.326 e. The van der Waals surface area contributed by atoms with Crippen LogP contribution in [0.4, 0.5) is 5.69 Å². The summed E-state index contributed by atoms with van der Waals surface area (Å²) in [5, 5.41) is 2.92. The van der Waals surface area contributed by atoms with E-state index in [9.17, 15) is 9.59 Å². The first-order valence-corrected chi connectivity index (χ1v) is 8.32. The molecule has 1 amide bonds. The highest BCUT2D eigenvalue weighted by Gasteiger charge is 2.10. The topological polar surface area (TPSA) is 51.1 Å². The molecule has 4 nitrogen and oxygen atoms in total. The number of benzene rings is 2. The second kappa shape index (κ2) is 6.38. The molecule has 1 aromatic heterocycles. The number of carbonyl (C=O) groups is 1. The van der Waals surface area contributed by atoms with Crippen molar-refractivity contribution >= 4 is 33.1 Å². The number of hydrogen-bond acceptors (Lipinski definition) is 3. The zero-order valence-corrected chi connectivity index (χ0v) is 13.9. The number of anilines is 1. The lowest BCUT2D eigenvalue weighted by Crippen LogP contribution is -2.19. The van der Waals surface area contributed by atoms with Crippen molar-refractivity contribution in [2.45, 2.75) is 26.8 Å². The first-order chi connectivity index (χ1) is 11.0. The van der Waals surface area contributed by atoms with Gasteiger partial charge < -0.3 is 5.32 Å². The van der Waals surface area contributed by atoms with Gasteiger partial charge in [-0.3, -0.25) is 14.2 Å². The summed E-state index contributed by atoms with van der Waals surface area (Å²) in [6.45, 7) is 4.38. The van der Waals surface area contributed by atoms with Gasteiger partial charge in [0.15, 0.2) is 0 Å². The summed E-state index contributed by atoms with van der Waals surface area (Å²) in [5.74, 6) is -0.0841. The third kappa shape index (κ3) is 3.35. The molecule has 0 unspecified atom stereocenters. The van der Waals surface area contributed by atoms with E-state index in [0.717, 1.165) is 27.0 Å². The summed E-state index contributed by atoms with van der Waals surface area (Å²) in [6.07, 6.45) is 0.272. The number of carbonyl (C=O) groups excluding carboxylic acids is 1. The second-order valence-corrected chi connectivity index (χ2v) is 6.60. The highest BCUT2D eigenvalue weighted by molar-refractivity contribution is 7.16. The average Bonchev–Trinajstić information content (AvgIpc) is 2.83. The molecule has 118 valence electrons. The second-order valence-electron chi connectivity index (χ2n) is 5.60. The predicted molar refractivity (Wildman–Crippen MR) is 95.2 cm³/mol. The van der Waals surface area contributed by atoms with Crippen LogP contribution >= 0.6 is 11.3 Å². The summed E-state index contributed by atoms with van der Waals surface area (Å²) >= 11 is 1.21. The Kier molecular flexibility index (Phi) is 4.30. The molecule has 0 saturated carbocycles. The number of nitrogens with one attached hydrogen (secondary N) is 1. The number of fused-ring (bicyclic) bond motifs is 1. The summed E-state index contributed by atoms with van der Waals surface area (Å²) in [5.41, 5.74) is 3.92. The quantitative estimate of drug-likeness (QED) is 0.794. The molecule has 2 aromatic carbocycles. The fourth-order valence-corrected chi connectivity index (χ4v) is 3.52. The Morgan fingerprint density at radius 1 is 1.17 bits per heavy atom. The van der Waals surface area contributed by atoms with Crippen molar-refractivity contribution in [3.63, 3.8) is 0 Å². The molecule has 5 heteroatoms. The zero-order chi connectivity index (χ0) is 16.4. The van der Waals surface area contributed by atoms with Crippen LogP contribution in [0.3, 0.4) is 0 Å². The molecule has 0 aliphatic carbocycles. The number of para-hydroxylation sites is 1. The van der Waals surface area contributed by atoms with Crippen molar-refractivity contribution in [3.8, 4) is 0 Å². The maximum absolute atomic E-state index is 12.2. The van der Waals surface area contributed by atoms with Crippen LogP contribution in [0.15, 0.2) is 47.3 Å². The molecular weight excluding hydrogens is 308 g/mol. The van der Waals surface area contributed by atoms with Crippen molar-refractivity contribution in [2.75, 3.05) is 5.32 Å². The van der Waals surface area contributed by atoms with Crippen LogP contribution in [0.2, 0.25) is 0 Å². The van der Waals surface area contributed by atoms with Crippen LogP contribution in [-0.2, 0) is 11.3 Å². The molecule has 1 heterocycles. The van der Waals surface area contributed by atoms with Crippen LogP contribution in [0.5, 0.6) is 0 Å². The fraction of sp³-hybridized carbons (Fsp3) is 0.222. The Balaban J connectivity index is 1.71. The lowest BCUT2D eigenvalue weighted by atomic mass is 10.1. The lowest BCUT2D eigenvalue weighted by molar-refractivity contribution is -0.116. The van der Waals surface area contributed by atoms with Crippen molar-refractivity contribution in [2.24, 2.45) is 0 Å². The molecule has 23 heavy (non-hydrogen) atoms. The van der Waals surface area contributed by atoms with Crippen LogP contribution in [-0.4, -0.2) is 10.5 Å². The number of hydrogen-bond donors (Lipinski definition) is 1. The van der Waals surface area contributed by atoms with Crippen LogP contribution in [0.25, 0.3) is 10.2 Å². The van der Waals surface area contributed by atoms with Gasteiger partial charge in [0.05, 0.1) is 10.2 Å². The van der Waals surface area contributed by atoms with Gasteiger partial charge in [-0.15, -0.1) is 0 Å². The van der Waals surface area contributed by atoms with E-state index in [4.69, 9.17) is 0 Å². The molecule has 3 rings (SSSR count). The standard InChI is InChI=1S/C18H18N2O2S/c1-12-7-8-14(13(2)11-12)19-17(21)9-10-20-15-5-3-4-6-16(15)23-18(20)22/h3-8,11H,9-10H2,1-2H3,(H,19,21). The van der Waals surface area contributed by atoms with E-state index in [-0.39, 0.29) is 17.2 Å². The molecule has 0 aliphatic heterocycles. The van der Waals surface area contributed by atoms with Gasteiger partial charge in [0, 0.05) is 18.7 Å². The first kappa shape index (κ1) is 15.5. The lowest BCUT2D eigenvalue weighted by Gasteiger charge is -2.09. The molecule has 0 spiro atoms. The minimum atomic E-state index is -0.0841. The first-order valence-electron chi connectivity index (χ1n) is 7.50.